The van der Waals surface area contributed by atoms with Crippen LogP contribution >= 0.6 is 0 Å². The average Bonchev–Trinajstić information content (AvgIpc) is 2.79. The third kappa shape index (κ3) is 4.14. The van der Waals surface area contributed by atoms with Gasteiger partial charge in [-0.2, -0.15) is 0 Å². The minimum absolute atomic E-state index is 0.0000721. The van der Waals surface area contributed by atoms with E-state index in [0.717, 1.165) is 43.5 Å². The SMILES string of the molecule is COC[C@H](c1ccccc1)N1CCCCC1C1(O)CN(C(=O)c2ccc(F)c(F)c2F)C1. The number of nitrogens with zero attached hydrogens (tertiary/aromatic N) is 2. The summed E-state index contributed by atoms with van der Waals surface area (Å²) in [6.45, 7) is 1.24. The predicted molar refractivity (Wildman–Crippen MR) is 113 cm³/mol. The molecule has 172 valence electrons. The highest BCUT2D eigenvalue weighted by molar-refractivity contribution is 5.95. The molecule has 1 N–H and O–H groups in total. The summed E-state index contributed by atoms with van der Waals surface area (Å²) >= 11 is 0. The number of amides is 1. The maximum absolute atomic E-state index is 14.1. The first-order valence-corrected chi connectivity index (χ1v) is 10.8. The van der Waals surface area contributed by atoms with Gasteiger partial charge < -0.3 is 14.7 Å². The van der Waals surface area contributed by atoms with Gasteiger partial charge in [0, 0.05) is 13.2 Å². The van der Waals surface area contributed by atoms with E-state index in [2.05, 4.69) is 4.90 Å². The van der Waals surface area contributed by atoms with Crippen LogP contribution in [0, 0.1) is 17.5 Å². The van der Waals surface area contributed by atoms with Crippen molar-refractivity contribution in [2.75, 3.05) is 33.4 Å². The van der Waals surface area contributed by atoms with Gasteiger partial charge in [-0.3, -0.25) is 9.69 Å². The molecular formula is C24H27F3N2O3. The summed E-state index contributed by atoms with van der Waals surface area (Å²) in [5, 5.41) is 11.4. The van der Waals surface area contributed by atoms with Gasteiger partial charge in [-0.1, -0.05) is 36.8 Å². The van der Waals surface area contributed by atoms with E-state index in [9.17, 15) is 23.1 Å². The Morgan fingerprint density at radius 2 is 1.84 bits per heavy atom. The van der Waals surface area contributed by atoms with Crippen LogP contribution in [0.1, 0.15) is 41.2 Å². The summed E-state index contributed by atoms with van der Waals surface area (Å²) in [7, 11) is 1.64. The average molecular weight is 448 g/mol. The molecule has 2 fully saturated rings. The second-order valence-electron chi connectivity index (χ2n) is 8.62. The Kier molecular flexibility index (Phi) is 6.55. The van der Waals surface area contributed by atoms with Crippen LogP contribution in [0.15, 0.2) is 42.5 Å². The summed E-state index contributed by atoms with van der Waals surface area (Å²) in [6, 6.07) is 11.3. The lowest BCUT2D eigenvalue weighted by Crippen LogP contribution is -2.72. The van der Waals surface area contributed by atoms with Crippen molar-refractivity contribution >= 4 is 5.91 Å². The number of benzene rings is 2. The summed E-state index contributed by atoms with van der Waals surface area (Å²) in [5.41, 5.74) is -0.625. The molecule has 1 amide bonds. The van der Waals surface area contributed by atoms with Crippen molar-refractivity contribution in [2.45, 2.75) is 36.9 Å². The third-order valence-corrected chi connectivity index (χ3v) is 6.56. The lowest BCUT2D eigenvalue weighted by molar-refractivity contribution is -0.151. The highest BCUT2D eigenvalue weighted by Gasteiger charge is 2.53. The molecule has 8 heteroatoms. The Bertz CT molecular complexity index is 966. The third-order valence-electron chi connectivity index (χ3n) is 6.56. The standard InChI is InChI=1S/C24H27F3N2O3/c1-32-13-19(16-7-3-2-4-8-16)29-12-6-5-9-20(29)24(31)14-28(15-24)23(30)17-10-11-18(25)22(27)21(17)26/h2-4,7-8,10-11,19-20,31H,5-6,9,12-15H2,1H3/t19-,20?/m1/s1. The van der Waals surface area contributed by atoms with Crippen molar-refractivity contribution in [3.05, 3.63) is 71.0 Å². The Balaban J connectivity index is 1.52. The second kappa shape index (κ2) is 9.21. The number of piperidine rings is 1. The van der Waals surface area contributed by atoms with E-state index in [1.54, 1.807) is 7.11 Å². The number of hydrogen-bond donors (Lipinski definition) is 1. The molecule has 0 bridgehead atoms. The molecule has 2 aromatic carbocycles. The summed E-state index contributed by atoms with van der Waals surface area (Å²) in [4.78, 5) is 16.2. The Hall–Kier alpha value is -2.42. The maximum Gasteiger partial charge on any atom is 0.257 e. The molecule has 0 saturated carbocycles. The minimum Gasteiger partial charge on any atom is -0.385 e. The molecule has 0 radical (unpaired) electrons. The molecule has 0 aromatic heterocycles. The number of β-amino-alcohol motifs (C(OH)–C–C–N with tert-alkyl or cyclic N) is 1. The summed E-state index contributed by atoms with van der Waals surface area (Å²) in [6.07, 6.45) is 2.69. The zero-order valence-corrected chi connectivity index (χ0v) is 17.9. The number of likely N-dealkylation sites (tertiary alicyclic amines) is 2. The topological polar surface area (TPSA) is 53.0 Å². The van der Waals surface area contributed by atoms with Gasteiger partial charge in [-0.15, -0.1) is 0 Å². The molecule has 0 spiro atoms. The van der Waals surface area contributed by atoms with E-state index in [0.29, 0.717) is 6.61 Å². The van der Waals surface area contributed by atoms with Crippen LogP contribution in [-0.2, 0) is 4.74 Å². The van der Waals surface area contributed by atoms with E-state index in [1.165, 1.54) is 4.90 Å². The number of rotatable bonds is 6. The van der Waals surface area contributed by atoms with E-state index in [1.807, 2.05) is 30.3 Å². The van der Waals surface area contributed by atoms with Crippen molar-refractivity contribution in [1.82, 2.24) is 9.80 Å². The van der Waals surface area contributed by atoms with Crippen LogP contribution in [-0.4, -0.2) is 65.8 Å². The number of aliphatic hydroxyl groups is 1. The van der Waals surface area contributed by atoms with Crippen LogP contribution in [0.3, 0.4) is 0 Å². The van der Waals surface area contributed by atoms with E-state index in [4.69, 9.17) is 4.74 Å². The van der Waals surface area contributed by atoms with Crippen molar-refractivity contribution in [3.8, 4) is 0 Å². The first-order valence-electron chi connectivity index (χ1n) is 10.8. The number of methoxy groups -OCH3 is 1. The first-order chi connectivity index (χ1) is 15.4. The molecule has 2 aliphatic heterocycles. The van der Waals surface area contributed by atoms with Crippen LogP contribution in [0.2, 0.25) is 0 Å². The van der Waals surface area contributed by atoms with Crippen LogP contribution in [0.5, 0.6) is 0 Å². The maximum atomic E-state index is 14.1. The van der Waals surface area contributed by atoms with Gasteiger partial charge in [0.2, 0.25) is 0 Å². The number of carbonyl (C=O) groups is 1. The molecule has 4 rings (SSSR count). The van der Waals surface area contributed by atoms with E-state index < -0.39 is 34.5 Å². The van der Waals surface area contributed by atoms with E-state index in [-0.39, 0.29) is 25.2 Å². The highest BCUT2D eigenvalue weighted by atomic mass is 19.2. The zero-order valence-electron chi connectivity index (χ0n) is 17.9. The molecule has 5 nitrogen and oxygen atoms in total. The first kappa shape index (κ1) is 22.8. The lowest BCUT2D eigenvalue weighted by Gasteiger charge is -2.56. The van der Waals surface area contributed by atoms with Crippen molar-refractivity contribution < 1.29 is 27.8 Å². The molecule has 2 heterocycles. The number of carbonyl (C=O) groups excluding carboxylic acids is 1. The molecule has 2 aromatic rings. The Morgan fingerprint density at radius 3 is 2.53 bits per heavy atom. The van der Waals surface area contributed by atoms with Crippen molar-refractivity contribution in [2.24, 2.45) is 0 Å². The predicted octanol–water partition coefficient (Wildman–Crippen LogP) is 3.53. The van der Waals surface area contributed by atoms with Gasteiger partial charge in [0.25, 0.3) is 5.91 Å². The number of hydrogen-bond acceptors (Lipinski definition) is 4. The smallest absolute Gasteiger partial charge is 0.257 e. The highest BCUT2D eigenvalue weighted by Crippen LogP contribution is 2.38. The normalized spacial score (nSPS) is 21.8. The second-order valence-corrected chi connectivity index (χ2v) is 8.62. The largest absolute Gasteiger partial charge is 0.385 e. The monoisotopic (exact) mass is 448 g/mol. The zero-order chi connectivity index (χ0) is 22.9. The van der Waals surface area contributed by atoms with Crippen molar-refractivity contribution in [1.29, 1.82) is 0 Å². The van der Waals surface area contributed by atoms with Gasteiger partial charge in [0.1, 0.15) is 5.60 Å². The van der Waals surface area contributed by atoms with Crippen LogP contribution in [0.4, 0.5) is 13.2 Å². The number of halogens is 3. The molecule has 1 unspecified atom stereocenters. The molecule has 2 saturated heterocycles. The summed E-state index contributed by atoms with van der Waals surface area (Å²) in [5.74, 6) is -5.28. The fraction of sp³-hybridized carbons (Fsp3) is 0.458. The Labute approximate surface area is 185 Å². The lowest BCUT2D eigenvalue weighted by atomic mass is 9.79. The molecule has 32 heavy (non-hydrogen) atoms. The molecule has 2 atom stereocenters. The molecular weight excluding hydrogens is 421 g/mol. The fourth-order valence-corrected chi connectivity index (χ4v) is 4.95. The fourth-order valence-electron chi connectivity index (χ4n) is 4.95. The van der Waals surface area contributed by atoms with Gasteiger partial charge in [-0.05, 0) is 37.1 Å². The van der Waals surface area contributed by atoms with Gasteiger partial charge in [0.15, 0.2) is 17.5 Å². The van der Waals surface area contributed by atoms with E-state index >= 15 is 0 Å². The van der Waals surface area contributed by atoms with Crippen molar-refractivity contribution in [3.63, 3.8) is 0 Å². The van der Waals surface area contributed by atoms with Gasteiger partial charge >= 0.3 is 0 Å². The number of ether oxygens (including phenoxy) is 1. The Morgan fingerprint density at radius 1 is 1.12 bits per heavy atom. The van der Waals surface area contributed by atoms with Gasteiger partial charge in [-0.25, -0.2) is 13.2 Å². The van der Waals surface area contributed by atoms with Crippen LogP contribution < -0.4 is 0 Å². The minimum atomic E-state index is -1.67. The summed E-state index contributed by atoms with van der Waals surface area (Å²) < 4.78 is 46.3. The quantitative estimate of drug-likeness (QED) is 0.687. The molecule has 2 aliphatic rings. The van der Waals surface area contributed by atoms with Crippen LogP contribution in [0.25, 0.3) is 0 Å². The van der Waals surface area contributed by atoms with Gasteiger partial charge in [0.05, 0.1) is 31.3 Å². The molecule has 0 aliphatic carbocycles.